The van der Waals surface area contributed by atoms with E-state index in [-0.39, 0.29) is 34.7 Å². The molecule has 0 bridgehead atoms. The van der Waals surface area contributed by atoms with Gasteiger partial charge in [0, 0.05) is 24.5 Å². The fourth-order valence-electron chi connectivity index (χ4n) is 2.92. The Kier molecular flexibility index (Phi) is 8.15. The number of primary amides is 1. The summed E-state index contributed by atoms with van der Waals surface area (Å²) in [6.45, 7) is 8.45. The lowest BCUT2D eigenvalue weighted by molar-refractivity contribution is -0.137. The van der Waals surface area contributed by atoms with Gasteiger partial charge >= 0.3 is 6.18 Å². The first kappa shape index (κ1) is 27.4. The first-order chi connectivity index (χ1) is 17.9. The zero-order valence-electron chi connectivity index (χ0n) is 20.1. The SMILES string of the molecule is C=CC(=O)Nc1cc(OC(=C)C(N)=O)ccc1Nc1nc(Nc2cc(OC)ncc2C)ncc1C(F)(F)F. The molecule has 0 aliphatic rings. The van der Waals surface area contributed by atoms with Gasteiger partial charge in [-0.2, -0.15) is 18.2 Å². The average Bonchev–Trinajstić information content (AvgIpc) is 2.86. The van der Waals surface area contributed by atoms with Crippen LogP contribution in [0.2, 0.25) is 0 Å². The molecule has 5 N–H and O–H groups in total. The Morgan fingerprint density at radius 3 is 2.45 bits per heavy atom. The number of benzene rings is 1. The number of methoxy groups -OCH3 is 1. The molecule has 0 fully saturated rings. The van der Waals surface area contributed by atoms with Crippen molar-refractivity contribution in [2.75, 3.05) is 23.1 Å². The number of hydrogen-bond donors (Lipinski definition) is 4. The molecule has 198 valence electrons. The summed E-state index contributed by atoms with van der Waals surface area (Å²) in [6, 6.07) is 5.40. The van der Waals surface area contributed by atoms with E-state index < -0.39 is 29.4 Å². The van der Waals surface area contributed by atoms with Crippen molar-refractivity contribution in [2.24, 2.45) is 5.73 Å². The number of aryl methyl sites for hydroxylation is 1. The molecule has 0 saturated heterocycles. The number of ether oxygens (including phenoxy) is 2. The first-order valence-corrected chi connectivity index (χ1v) is 10.6. The minimum atomic E-state index is -4.82. The number of nitrogens with one attached hydrogen (secondary N) is 3. The molecule has 3 aromatic rings. The third-order valence-corrected chi connectivity index (χ3v) is 4.83. The van der Waals surface area contributed by atoms with E-state index in [9.17, 15) is 22.8 Å². The molecule has 0 atom stereocenters. The van der Waals surface area contributed by atoms with Crippen LogP contribution in [0.4, 0.5) is 42.0 Å². The second-order valence-corrected chi connectivity index (χ2v) is 7.54. The highest BCUT2D eigenvalue weighted by molar-refractivity contribution is 6.01. The first-order valence-electron chi connectivity index (χ1n) is 10.6. The van der Waals surface area contributed by atoms with Crippen LogP contribution >= 0.6 is 0 Å². The molecule has 38 heavy (non-hydrogen) atoms. The Morgan fingerprint density at radius 2 is 1.82 bits per heavy atom. The molecule has 2 amide bonds. The van der Waals surface area contributed by atoms with E-state index in [0.717, 1.165) is 6.08 Å². The fraction of sp³-hybridized carbons (Fsp3) is 0.125. The predicted molar refractivity (Wildman–Crippen MR) is 133 cm³/mol. The van der Waals surface area contributed by atoms with Crippen LogP contribution in [-0.2, 0) is 15.8 Å². The van der Waals surface area contributed by atoms with E-state index in [1.54, 1.807) is 6.92 Å². The van der Waals surface area contributed by atoms with Crippen molar-refractivity contribution in [3.8, 4) is 11.6 Å². The quantitative estimate of drug-likeness (QED) is 0.224. The number of carbonyl (C=O) groups excluding carboxylic acids is 2. The largest absolute Gasteiger partial charge is 0.481 e. The normalized spacial score (nSPS) is 10.8. The van der Waals surface area contributed by atoms with E-state index >= 15 is 0 Å². The number of nitrogens with zero attached hydrogens (tertiary/aromatic N) is 3. The Labute approximate surface area is 214 Å². The van der Waals surface area contributed by atoms with Crippen molar-refractivity contribution in [2.45, 2.75) is 13.1 Å². The summed E-state index contributed by atoms with van der Waals surface area (Å²) in [5.74, 6) is -2.46. The van der Waals surface area contributed by atoms with Gasteiger partial charge in [-0.05, 0) is 30.7 Å². The zero-order valence-corrected chi connectivity index (χ0v) is 20.1. The molecular formula is C24H22F3N7O4. The molecule has 1 aromatic carbocycles. The molecular weight excluding hydrogens is 507 g/mol. The number of hydrogen-bond acceptors (Lipinski definition) is 9. The Hall–Kier alpha value is -5.14. The summed E-state index contributed by atoms with van der Waals surface area (Å²) >= 11 is 0. The lowest BCUT2D eigenvalue weighted by Gasteiger charge is -2.18. The number of rotatable bonds is 10. The van der Waals surface area contributed by atoms with Crippen molar-refractivity contribution < 1.29 is 32.2 Å². The number of aromatic nitrogens is 3. The fourth-order valence-corrected chi connectivity index (χ4v) is 2.92. The molecule has 0 unspecified atom stereocenters. The summed E-state index contributed by atoms with van der Waals surface area (Å²) in [4.78, 5) is 35.1. The van der Waals surface area contributed by atoms with Crippen LogP contribution < -0.4 is 31.2 Å². The maximum Gasteiger partial charge on any atom is 0.421 e. The predicted octanol–water partition coefficient (Wildman–Crippen LogP) is 4.20. The van der Waals surface area contributed by atoms with Crippen molar-refractivity contribution in [1.29, 1.82) is 0 Å². The molecule has 2 heterocycles. The van der Waals surface area contributed by atoms with Crippen molar-refractivity contribution in [3.05, 3.63) is 72.8 Å². The number of anilines is 5. The van der Waals surface area contributed by atoms with Gasteiger partial charge in [0.2, 0.25) is 17.7 Å². The molecule has 3 rings (SSSR count). The topological polar surface area (TPSA) is 153 Å². The highest BCUT2D eigenvalue weighted by Gasteiger charge is 2.35. The van der Waals surface area contributed by atoms with Crippen molar-refractivity contribution in [1.82, 2.24) is 15.0 Å². The Bertz CT molecular complexity index is 1410. The lowest BCUT2D eigenvalue weighted by Crippen LogP contribution is -2.17. The van der Waals surface area contributed by atoms with E-state index in [2.05, 4.69) is 44.1 Å². The van der Waals surface area contributed by atoms with Gasteiger partial charge in [0.05, 0.1) is 24.2 Å². The van der Waals surface area contributed by atoms with Crippen LogP contribution in [0, 0.1) is 6.92 Å². The molecule has 0 radical (unpaired) electrons. The number of amides is 2. The number of carbonyl (C=O) groups is 2. The van der Waals surface area contributed by atoms with E-state index in [1.165, 1.54) is 37.6 Å². The van der Waals surface area contributed by atoms with E-state index in [0.29, 0.717) is 17.4 Å². The molecule has 0 spiro atoms. The Morgan fingerprint density at radius 1 is 1.08 bits per heavy atom. The maximum absolute atomic E-state index is 13.8. The van der Waals surface area contributed by atoms with Crippen LogP contribution in [0.5, 0.6) is 11.6 Å². The second-order valence-electron chi connectivity index (χ2n) is 7.54. The Balaban J connectivity index is 2.04. The molecule has 11 nitrogen and oxygen atoms in total. The summed E-state index contributed by atoms with van der Waals surface area (Å²) in [5.41, 5.74) is 5.05. The standard InChI is InChI=1S/C24H22F3N7O4/c1-5-19(35)31-18-8-14(38-13(3)21(28)36)6-7-16(18)32-22-15(24(25,26)27)11-30-23(34-22)33-17-9-20(37-4)29-10-12(17)2/h5-11H,1,3H2,2,4H3,(H2,28,36)(H,31,35)(H2,29,30,32,33,34). The van der Waals surface area contributed by atoms with Gasteiger partial charge in [0.15, 0.2) is 5.76 Å². The minimum absolute atomic E-state index is 0.00847. The molecule has 0 aliphatic carbocycles. The second kappa shape index (κ2) is 11.3. The molecule has 14 heteroatoms. The summed E-state index contributed by atoms with van der Waals surface area (Å²) < 4.78 is 51.7. The smallest absolute Gasteiger partial charge is 0.421 e. The average molecular weight is 529 g/mol. The monoisotopic (exact) mass is 529 g/mol. The van der Waals surface area contributed by atoms with Crippen LogP contribution in [0.3, 0.4) is 0 Å². The van der Waals surface area contributed by atoms with Gasteiger partial charge < -0.3 is 31.2 Å². The molecule has 0 saturated carbocycles. The van der Waals surface area contributed by atoms with Crippen molar-refractivity contribution in [3.63, 3.8) is 0 Å². The van der Waals surface area contributed by atoms with Gasteiger partial charge in [-0.25, -0.2) is 9.97 Å². The van der Waals surface area contributed by atoms with Gasteiger partial charge in [0.25, 0.3) is 5.91 Å². The van der Waals surface area contributed by atoms with Crippen LogP contribution in [0.25, 0.3) is 0 Å². The number of alkyl halides is 3. The molecule has 0 aliphatic heterocycles. The van der Waals surface area contributed by atoms with E-state index in [4.69, 9.17) is 15.2 Å². The number of pyridine rings is 1. The third kappa shape index (κ3) is 6.75. The summed E-state index contributed by atoms with van der Waals surface area (Å²) in [5, 5.41) is 7.87. The van der Waals surface area contributed by atoms with Crippen LogP contribution in [-0.4, -0.2) is 33.9 Å². The number of nitrogens with two attached hydrogens (primary N) is 1. The maximum atomic E-state index is 13.8. The summed E-state index contributed by atoms with van der Waals surface area (Å²) in [7, 11) is 1.42. The highest BCUT2D eigenvalue weighted by Crippen LogP contribution is 2.38. The lowest BCUT2D eigenvalue weighted by atomic mass is 10.2. The van der Waals surface area contributed by atoms with Gasteiger partial charge in [-0.15, -0.1) is 0 Å². The van der Waals surface area contributed by atoms with Gasteiger partial charge in [0.1, 0.15) is 17.1 Å². The van der Waals surface area contributed by atoms with Gasteiger partial charge in [-0.1, -0.05) is 13.2 Å². The molecule has 2 aromatic heterocycles. The van der Waals surface area contributed by atoms with E-state index in [1.807, 2.05) is 0 Å². The van der Waals surface area contributed by atoms with Gasteiger partial charge in [-0.3, -0.25) is 9.59 Å². The zero-order chi connectivity index (χ0) is 28.0. The summed E-state index contributed by atoms with van der Waals surface area (Å²) in [6.07, 6.45) is -1.74. The van der Waals surface area contributed by atoms with Crippen molar-refractivity contribution >= 4 is 40.6 Å². The highest BCUT2D eigenvalue weighted by atomic mass is 19.4. The number of halogens is 3. The van der Waals surface area contributed by atoms with Crippen LogP contribution in [0.1, 0.15) is 11.1 Å². The third-order valence-electron chi connectivity index (χ3n) is 4.83. The van der Waals surface area contributed by atoms with Crippen LogP contribution in [0.15, 0.2) is 61.7 Å². The minimum Gasteiger partial charge on any atom is -0.481 e.